The number of sulfonamides is 1. The van der Waals surface area contributed by atoms with Crippen molar-refractivity contribution >= 4 is 50.9 Å². The molecule has 166 valence electrons. The van der Waals surface area contributed by atoms with Crippen LogP contribution in [0.15, 0.2) is 87.5 Å². The van der Waals surface area contributed by atoms with E-state index in [1.807, 2.05) is 24.3 Å². The zero-order valence-corrected chi connectivity index (χ0v) is 19.3. The lowest BCUT2D eigenvalue weighted by Gasteiger charge is -2.11. The van der Waals surface area contributed by atoms with E-state index in [0.717, 1.165) is 9.79 Å². The Labute approximate surface area is 195 Å². The number of benzene rings is 3. The quantitative estimate of drug-likeness (QED) is 0.459. The van der Waals surface area contributed by atoms with Crippen LogP contribution in [0.5, 0.6) is 0 Å². The summed E-state index contributed by atoms with van der Waals surface area (Å²) in [5, 5.41) is 3.36. The van der Waals surface area contributed by atoms with Crippen LogP contribution in [0.4, 0.5) is 5.69 Å². The van der Waals surface area contributed by atoms with Crippen molar-refractivity contribution in [1.29, 1.82) is 0 Å². The molecular formula is C22H19ClN2O5S2. The topological polar surface area (TPSA) is 102 Å². The first kappa shape index (κ1) is 23.8. The minimum absolute atomic E-state index is 0.0211. The molecule has 0 saturated carbocycles. The summed E-state index contributed by atoms with van der Waals surface area (Å²) in [6.07, 6.45) is 0. The lowest BCUT2D eigenvalue weighted by Crippen LogP contribution is -2.22. The number of carbonyl (C=O) groups excluding carboxylic acids is 2. The van der Waals surface area contributed by atoms with Gasteiger partial charge in [-0.05, 0) is 61.6 Å². The molecule has 3 rings (SSSR count). The number of hydrogen-bond donors (Lipinski definition) is 2. The van der Waals surface area contributed by atoms with E-state index in [9.17, 15) is 18.0 Å². The molecular weight excluding hydrogens is 472 g/mol. The summed E-state index contributed by atoms with van der Waals surface area (Å²) in [5.74, 6) is -1.33. The molecule has 1 amide bonds. The van der Waals surface area contributed by atoms with E-state index in [4.69, 9.17) is 16.3 Å². The highest BCUT2D eigenvalue weighted by molar-refractivity contribution is 7.99. The number of nitrogens with one attached hydrogen (secondary N) is 2. The minimum Gasteiger partial charge on any atom is -0.452 e. The number of rotatable bonds is 8. The maximum absolute atomic E-state index is 12.3. The van der Waals surface area contributed by atoms with Gasteiger partial charge in [0.15, 0.2) is 6.61 Å². The number of carbonyl (C=O) groups is 2. The number of amides is 1. The number of hydrogen-bond acceptors (Lipinski definition) is 6. The Kier molecular flexibility index (Phi) is 7.92. The van der Waals surface area contributed by atoms with Gasteiger partial charge in [-0.25, -0.2) is 17.9 Å². The molecule has 0 aliphatic carbocycles. The van der Waals surface area contributed by atoms with Crippen LogP contribution >= 0.6 is 23.4 Å². The van der Waals surface area contributed by atoms with Gasteiger partial charge in [0.05, 0.1) is 16.1 Å². The average Bonchev–Trinajstić information content (AvgIpc) is 2.80. The first-order valence-electron chi connectivity index (χ1n) is 9.31. The molecule has 0 spiro atoms. The van der Waals surface area contributed by atoms with Crippen molar-refractivity contribution in [2.75, 3.05) is 19.0 Å². The highest BCUT2D eigenvalue weighted by Crippen LogP contribution is 2.33. The van der Waals surface area contributed by atoms with Crippen molar-refractivity contribution < 1.29 is 22.7 Å². The summed E-state index contributed by atoms with van der Waals surface area (Å²) < 4.78 is 31.0. The molecule has 32 heavy (non-hydrogen) atoms. The molecule has 0 fully saturated rings. The molecule has 0 atom stereocenters. The van der Waals surface area contributed by atoms with Crippen molar-refractivity contribution in [3.8, 4) is 0 Å². The largest absolute Gasteiger partial charge is 0.452 e. The van der Waals surface area contributed by atoms with Gasteiger partial charge < -0.3 is 10.1 Å². The van der Waals surface area contributed by atoms with Crippen molar-refractivity contribution in [2.24, 2.45) is 0 Å². The summed E-state index contributed by atoms with van der Waals surface area (Å²) >= 11 is 7.37. The van der Waals surface area contributed by atoms with Gasteiger partial charge in [0.25, 0.3) is 5.91 Å². The second-order valence-corrected chi connectivity index (χ2v) is 9.85. The second-order valence-electron chi connectivity index (χ2n) is 6.41. The Hall–Kier alpha value is -2.85. The lowest BCUT2D eigenvalue weighted by atomic mass is 10.2. The van der Waals surface area contributed by atoms with Crippen molar-refractivity contribution in [1.82, 2.24) is 4.72 Å². The first-order valence-corrected chi connectivity index (χ1v) is 12.0. The van der Waals surface area contributed by atoms with Gasteiger partial charge in [0.1, 0.15) is 0 Å². The number of anilines is 1. The average molecular weight is 491 g/mol. The van der Waals surface area contributed by atoms with Gasteiger partial charge >= 0.3 is 5.97 Å². The molecule has 0 aliphatic rings. The molecule has 0 unspecified atom stereocenters. The summed E-state index contributed by atoms with van der Waals surface area (Å²) in [5.41, 5.74) is 0.587. The fourth-order valence-electron chi connectivity index (χ4n) is 2.60. The Morgan fingerprint density at radius 2 is 1.72 bits per heavy atom. The fourth-order valence-corrected chi connectivity index (χ4v) is 4.40. The normalized spacial score (nSPS) is 11.1. The fraction of sp³-hybridized carbons (Fsp3) is 0.0909. The van der Waals surface area contributed by atoms with Gasteiger partial charge in [-0.15, -0.1) is 0 Å². The van der Waals surface area contributed by atoms with Crippen LogP contribution in [-0.4, -0.2) is 33.9 Å². The predicted octanol–water partition coefficient (Wildman–Crippen LogP) is 4.19. The summed E-state index contributed by atoms with van der Waals surface area (Å²) in [6.45, 7) is -0.526. The number of ether oxygens (including phenoxy) is 1. The van der Waals surface area contributed by atoms with Crippen LogP contribution in [0.3, 0.4) is 0 Å². The minimum atomic E-state index is -3.71. The van der Waals surface area contributed by atoms with Gasteiger partial charge in [-0.2, -0.15) is 0 Å². The van der Waals surface area contributed by atoms with E-state index >= 15 is 0 Å². The number of halogens is 1. The summed E-state index contributed by atoms with van der Waals surface area (Å²) in [7, 11) is -2.43. The van der Waals surface area contributed by atoms with Crippen LogP contribution in [0.2, 0.25) is 5.02 Å². The maximum Gasteiger partial charge on any atom is 0.338 e. The first-order chi connectivity index (χ1) is 15.3. The SMILES string of the molecule is CNS(=O)(=O)c1cccc(C(=O)OCC(=O)Nc2ccccc2Sc2ccc(Cl)cc2)c1. The third kappa shape index (κ3) is 6.33. The highest BCUT2D eigenvalue weighted by Gasteiger charge is 2.16. The van der Waals surface area contributed by atoms with E-state index in [1.165, 1.54) is 43.1 Å². The molecule has 3 aromatic carbocycles. The Balaban J connectivity index is 1.63. The van der Waals surface area contributed by atoms with Crippen molar-refractivity contribution in [3.05, 3.63) is 83.4 Å². The molecule has 0 bridgehead atoms. The summed E-state index contributed by atoms with van der Waals surface area (Å²) in [4.78, 5) is 26.3. The predicted molar refractivity (Wildman–Crippen MR) is 124 cm³/mol. The standard InChI is InChI=1S/C22H19ClN2O5S2/c1-24-32(28,29)18-6-4-5-15(13-18)22(27)30-14-21(26)25-19-7-2-3-8-20(19)31-17-11-9-16(23)10-12-17/h2-13,24H,14H2,1H3,(H,25,26). The molecule has 10 heteroatoms. The zero-order valence-electron chi connectivity index (χ0n) is 16.9. The van der Waals surface area contributed by atoms with E-state index in [0.29, 0.717) is 10.7 Å². The van der Waals surface area contributed by atoms with Crippen LogP contribution in [-0.2, 0) is 19.6 Å². The second kappa shape index (κ2) is 10.6. The Bertz CT molecular complexity index is 1230. The van der Waals surface area contributed by atoms with E-state index in [1.54, 1.807) is 24.3 Å². The van der Waals surface area contributed by atoms with Crippen LogP contribution in [0.25, 0.3) is 0 Å². The van der Waals surface area contributed by atoms with E-state index in [2.05, 4.69) is 10.0 Å². The van der Waals surface area contributed by atoms with E-state index < -0.39 is 28.5 Å². The molecule has 0 aromatic heterocycles. The highest BCUT2D eigenvalue weighted by atomic mass is 35.5. The Morgan fingerprint density at radius 3 is 2.44 bits per heavy atom. The molecule has 2 N–H and O–H groups in total. The molecule has 0 aliphatic heterocycles. The van der Waals surface area contributed by atoms with Crippen LogP contribution in [0.1, 0.15) is 10.4 Å². The third-order valence-corrected chi connectivity index (χ3v) is 6.93. The van der Waals surface area contributed by atoms with Crippen LogP contribution in [0, 0.1) is 0 Å². The van der Waals surface area contributed by atoms with Crippen LogP contribution < -0.4 is 10.0 Å². The van der Waals surface area contributed by atoms with Gasteiger partial charge in [-0.3, -0.25) is 4.79 Å². The summed E-state index contributed by atoms with van der Waals surface area (Å²) in [6, 6.07) is 19.9. The van der Waals surface area contributed by atoms with Crippen molar-refractivity contribution in [2.45, 2.75) is 14.7 Å². The van der Waals surface area contributed by atoms with Gasteiger partial charge in [0, 0.05) is 14.8 Å². The maximum atomic E-state index is 12.3. The third-order valence-electron chi connectivity index (χ3n) is 4.19. The molecule has 0 heterocycles. The molecule has 3 aromatic rings. The monoisotopic (exact) mass is 490 g/mol. The molecule has 0 saturated heterocycles. The molecule has 7 nitrogen and oxygen atoms in total. The van der Waals surface area contributed by atoms with Crippen molar-refractivity contribution in [3.63, 3.8) is 0 Å². The van der Waals surface area contributed by atoms with Gasteiger partial charge in [-0.1, -0.05) is 41.6 Å². The van der Waals surface area contributed by atoms with E-state index in [-0.39, 0.29) is 10.5 Å². The number of para-hydroxylation sites is 1. The zero-order chi connectivity index (χ0) is 23.1. The molecule has 0 radical (unpaired) electrons. The van der Waals surface area contributed by atoms with Gasteiger partial charge in [0.2, 0.25) is 10.0 Å². The lowest BCUT2D eigenvalue weighted by molar-refractivity contribution is -0.119. The Morgan fingerprint density at radius 1 is 1.00 bits per heavy atom. The number of esters is 1. The smallest absolute Gasteiger partial charge is 0.338 e.